The molecule has 0 unspecified atom stereocenters. The molecule has 0 N–H and O–H groups in total. The minimum absolute atomic E-state index is 0.340. The lowest BCUT2D eigenvalue weighted by atomic mass is 9.96. The zero-order chi connectivity index (χ0) is 19.0. The molecule has 4 rings (SSSR count). The molecule has 2 aliphatic carbocycles. The Labute approximate surface area is 160 Å². The molecule has 0 heterocycles. The zero-order valence-corrected chi connectivity index (χ0v) is 16.1. The molecule has 3 heteroatoms. The number of benzene rings is 2. The first-order valence-electron chi connectivity index (χ1n) is 8.84. The van der Waals surface area contributed by atoms with E-state index >= 15 is 0 Å². The van der Waals surface area contributed by atoms with Crippen LogP contribution in [0.2, 0.25) is 0 Å². The summed E-state index contributed by atoms with van der Waals surface area (Å²) in [5, 5.41) is 0. The average Bonchev–Trinajstić information content (AvgIpc) is 2.81. The van der Waals surface area contributed by atoms with Crippen LogP contribution in [0, 0.1) is 6.92 Å². The van der Waals surface area contributed by atoms with Crippen molar-refractivity contribution in [2.75, 3.05) is 6.26 Å². The zero-order valence-electron chi connectivity index (χ0n) is 15.3. The highest BCUT2D eigenvalue weighted by Crippen LogP contribution is 2.47. The molecular formula is C24H20O2S. The third-order valence-electron chi connectivity index (χ3n) is 4.97. The van der Waals surface area contributed by atoms with E-state index in [9.17, 15) is 8.42 Å². The fraction of sp³-hybridized carbons (Fsp3) is 0.0833. The molecule has 0 aromatic heterocycles. The van der Waals surface area contributed by atoms with Gasteiger partial charge in [0.15, 0.2) is 9.84 Å². The first-order valence-corrected chi connectivity index (χ1v) is 10.7. The molecule has 2 aromatic rings. The molecule has 0 saturated heterocycles. The molecule has 134 valence electrons. The van der Waals surface area contributed by atoms with Crippen molar-refractivity contribution in [1.82, 2.24) is 0 Å². The number of fused-ring (bicyclic) bond motifs is 1. The molecule has 0 spiro atoms. The monoisotopic (exact) mass is 372 g/mol. The summed E-state index contributed by atoms with van der Waals surface area (Å²) in [6.45, 7) is 2.13. The first-order chi connectivity index (χ1) is 13.0. The summed E-state index contributed by atoms with van der Waals surface area (Å²) in [6, 6.07) is 28.0. The van der Waals surface area contributed by atoms with Gasteiger partial charge < -0.3 is 0 Å². The van der Waals surface area contributed by atoms with Gasteiger partial charge in [-0.3, -0.25) is 0 Å². The van der Waals surface area contributed by atoms with E-state index in [4.69, 9.17) is 0 Å². The second kappa shape index (κ2) is 6.67. The van der Waals surface area contributed by atoms with Gasteiger partial charge in [-0.1, -0.05) is 72.8 Å². The molecule has 0 bridgehead atoms. The molecule has 2 nitrogen and oxygen atoms in total. The van der Waals surface area contributed by atoms with Crippen molar-refractivity contribution < 1.29 is 8.42 Å². The van der Waals surface area contributed by atoms with Gasteiger partial charge in [-0.15, -0.1) is 0 Å². The summed E-state index contributed by atoms with van der Waals surface area (Å²) in [5.74, 6) is 0. The number of sulfone groups is 1. The van der Waals surface area contributed by atoms with E-state index in [-0.39, 0.29) is 0 Å². The second-order valence-electron chi connectivity index (χ2n) is 6.78. The Morgan fingerprint density at radius 1 is 0.593 bits per heavy atom. The summed E-state index contributed by atoms with van der Waals surface area (Å²) in [4.78, 5) is 0.340. The topological polar surface area (TPSA) is 34.1 Å². The standard InChI is InChI=1S/C24H20O2S/c1-17-21-11-7-4-8-12-22(21)24(18-9-5-3-6-10-18)23(17)19-13-15-20(16-14-19)27(2,25)26/h3-16H,1-2H3. The summed E-state index contributed by atoms with van der Waals surface area (Å²) in [6.07, 6.45) is 1.24. The van der Waals surface area contributed by atoms with Crippen molar-refractivity contribution in [3.63, 3.8) is 0 Å². The summed E-state index contributed by atoms with van der Waals surface area (Å²) >= 11 is 0. The van der Waals surface area contributed by atoms with Crippen LogP contribution in [0.4, 0.5) is 0 Å². The van der Waals surface area contributed by atoms with Crippen LogP contribution in [0.3, 0.4) is 0 Å². The maximum absolute atomic E-state index is 11.8. The van der Waals surface area contributed by atoms with Gasteiger partial charge in [0.2, 0.25) is 0 Å². The Balaban J connectivity index is 2.03. The van der Waals surface area contributed by atoms with E-state index in [0.29, 0.717) is 4.90 Å². The first kappa shape index (κ1) is 17.5. The fourth-order valence-corrected chi connectivity index (χ4v) is 4.31. The van der Waals surface area contributed by atoms with Crippen molar-refractivity contribution in [2.45, 2.75) is 11.8 Å². The number of hydrogen-bond donors (Lipinski definition) is 0. The minimum atomic E-state index is -3.21. The highest BCUT2D eigenvalue weighted by molar-refractivity contribution is 7.90. The lowest BCUT2D eigenvalue weighted by Gasteiger charge is -2.09. The van der Waals surface area contributed by atoms with E-state index in [1.807, 2.05) is 36.4 Å². The van der Waals surface area contributed by atoms with Gasteiger partial charge in [-0.2, -0.15) is 0 Å². The van der Waals surface area contributed by atoms with Gasteiger partial charge in [0.25, 0.3) is 0 Å². The predicted molar refractivity (Wildman–Crippen MR) is 112 cm³/mol. The smallest absolute Gasteiger partial charge is 0.175 e. The van der Waals surface area contributed by atoms with Gasteiger partial charge >= 0.3 is 0 Å². The summed E-state index contributed by atoms with van der Waals surface area (Å²) in [5.41, 5.74) is 8.13. The normalized spacial score (nSPS) is 11.6. The van der Waals surface area contributed by atoms with Crippen LogP contribution in [0.15, 0.2) is 89.8 Å². The Bertz CT molecular complexity index is 1170. The van der Waals surface area contributed by atoms with Gasteiger partial charge in [0, 0.05) is 6.26 Å². The third kappa shape index (κ3) is 3.15. The van der Waals surface area contributed by atoms with Crippen molar-refractivity contribution in [1.29, 1.82) is 0 Å². The Kier molecular flexibility index (Phi) is 4.33. The van der Waals surface area contributed by atoms with Crippen LogP contribution in [0.25, 0.3) is 33.4 Å². The fourth-order valence-electron chi connectivity index (χ4n) is 3.68. The SMILES string of the molecule is Cc1c2cccccc-2c(-c2ccccc2)c1-c1ccc(S(C)(=O)=O)cc1. The molecule has 0 amide bonds. The Morgan fingerprint density at radius 3 is 1.70 bits per heavy atom. The highest BCUT2D eigenvalue weighted by atomic mass is 32.2. The molecule has 2 aromatic carbocycles. The quantitative estimate of drug-likeness (QED) is 0.453. The van der Waals surface area contributed by atoms with E-state index in [0.717, 1.165) is 16.7 Å². The van der Waals surface area contributed by atoms with Gasteiger partial charge in [-0.25, -0.2) is 8.42 Å². The third-order valence-corrected chi connectivity index (χ3v) is 6.10. The molecule has 2 aliphatic rings. The molecule has 0 atom stereocenters. The maximum Gasteiger partial charge on any atom is 0.175 e. The summed E-state index contributed by atoms with van der Waals surface area (Å²) < 4.78 is 23.6. The largest absolute Gasteiger partial charge is 0.224 e. The second-order valence-corrected chi connectivity index (χ2v) is 8.79. The van der Waals surface area contributed by atoms with E-state index in [1.54, 1.807) is 12.1 Å². The van der Waals surface area contributed by atoms with Gasteiger partial charge in [-0.05, 0) is 58.0 Å². The molecular weight excluding hydrogens is 352 g/mol. The molecule has 0 saturated carbocycles. The number of rotatable bonds is 3. The maximum atomic E-state index is 11.8. The van der Waals surface area contributed by atoms with Crippen LogP contribution in [0.1, 0.15) is 5.56 Å². The van der Waals surface area contributed by atoms with Gasteiger partial charge in [0.1, 0.15) is 0 Å². The Hall–Kier alpha value is -2.91. The summed E-state index contributed by atoms with van der Waals surface area (Å²) in [7, 11) is -3.21. The van der Waals surface area contributed by atoms with Crippen LogP contribution >= 0.6 is 0 Å². The van der Waals surface area contributed by atoms with Crippen molar-refractivity contribution in [3.05, 3.63) is 90.5 Å². The number of hydrogen-bond acceptors (Lipinski definition) is 2. The van der Waals surface area contributed by atoms with Gasteiger partial charge in [0.05, 0.1) is 4.90 Å². The molecule has 0 fully saturated rings. The van der Waals surface area contributed by atoms with Crippen molar-refractivity contribution >= 4 is 9.84 Å². The molecule has 27 heavy (non-hydrogen) atoms. The minimum Gasteiger partial charge on any atom is -0.224 e. The van der Waals surface area contributed by atoms with Crippen LogP contribution in [-0.4, -0.2) is 14.7 Å². The average molecular weight is 372 g/mol. The van der Waals surface area contributed by atoms with E-state index in [1.165, 1.54) is 28.5 Å². The Morgan fingerprint density at radius 2 is 1.11 bits per heavy atom. The van der Waals surface area contributed by atoms with Crippen molar-refractivity contribution in [3.8, 4) is 33.4 Å². The highest BCUT2D eigenvalue weighted by Gasteiger charge is 2.22. The molecule has 0 aliphatic heterocycles. The van der Waals surface area contributed by atoms with Crippen LogP contribution < -0.4 is 0 Å². The van der Waals surface area contributed by atoms with E-state index in [2.05, 4.69) is 43.3 Å². The lowest BCUT2D eigenvalue weighted by Crippen LogP contribution is -1.96. The lowest BCUT2D eigenvalue weighted by molar-refractivity contribution is 0.602. The van der Waals surface area contributed by atoms with Crippen LogP contribution in [-0.2, 0) is 9.84 Å². The van der Waals surface area contributed by atoms with E-state index < -0.39 is 9.84 Å². The van der Waals surface area contributed by atoms with Crippen LogP contribution in [0.5, 0.6) is 0 Å². The molecule has 0 radical (unpaired) electrons. The van der Waals surface area contributed by atoms with Crippen molar-refractivity contribution in [2.24, 2.45) is 0 Å². The predicted octanol–water partition coefficient (Wildman–Crippen LogP) is 5.84.